The van der Waals surface area contributed by atoms with Crippen LogP contribution in [-0.2, 0) is 17.6 Å². The number of hydrogen-bond acceptors (Lipinski definition) is 4. The molecule has 2 aromatic carbocycles. The number of benzene rings is 2. The van der Waals surface area contributed by atoms with Crippen molar-refractivity contribution in [3.63, 3.8) is 0 Å². The molecule has 5 heteroatoms. The average Bonchev–Trinajstić information content (AvgIpc) is 2.61. The molecule has 0 bridgehead atoms. The number of aromatic hydroxyl groups is 1. The molecule has 0 aliphatic carbocycles. The van der Waals surface area contributed by atoms with Gasteiger partial charge in [-0.3, -0.25) is 0 Å². The van der Waals surface area contributed by atoms with E-state index in [9.17, 15) is 9.90 Å². The molecule has 0 fully saturated rings. The zero-order chi connectivity index (χ0) is 20.6. The molecule has 2 unspecified atom stereocenters. The monoisotopic (exact) mass is 384 g/mol. The Labute approximate surface area is 167 Å². The molecule has 5 nitrogen and oxygen atoms in total. The van der Waals surface area contributed by atoms with Gasteiger partial charge in [-0.15, -0.1) is 0 Å². The van der Waals surface area contributed by atoms with Crippen molar-refractivity contribution in [2.75, 3.05) is 0 Å². The van der Waals surface area contributed by atoms with Gasteiger partial charge >= 0.3 is 6.09 Å². The summed E-state index contributed by atoms with van der Waals surface area (Å²) in [5, 5.41) is 12.9. The second-order valence-electron chi connectivity index (χ2n) is 8.20. The van der Waals surface area contributed by atoms with E-state index in [-0.39, 0.29) is 17.8 Å². The molecule has 0 spiro atoms. The summed E-state index contributed by atoms with van der Waals surface area (Å²) in [7, 11) is 0. The number of nitrogens with two attached hydrogens (primary N) is 1. The van der Waals surface area contributed by atoms with Crippen molar-refractivity contribution in [2.24, 2.45) is 5.73 Å². The third-order valence-corrected chi connectivity index (χ3v) is 4.41. The van der Waals surface area contributed by atoms with E-state index in [0.29, 0.717) is 12.8 Å². The lowest BCUT2D eigenvalue weighted by molar-refractivity contribution is 0.0500. The molecule has 0 heterocycles. The van der Waals surface area contributed by atoms with Crippen LogP contribution in [0, 0.1) is 0 Å². The van der Waals surface area contributed by atoms with Crippen molar-refractivity contribution >= 4 is 6.09 Å². The van der Waals surface area contributed by atoms with Crippen LogP contribution in [0.4, 0.5) is 4.79 Å². The van der Waals surface area contributed by atoms with E-state index < -0.39 is 11.7 Å². The van der Waals surface area contributed by atoms with Crippen LogP contribution in [0.3, 0.4) is 0 Å². The first-order chi connectivity index (χ1) is 13.2. The molecule has 2 atom stereocenters. The summed E-state index contributed by atoms with van der Waals surface area (Å²) in [6.07, 6.45) is 2.34. The lowest BCUT2D eigenvalue weighted by atomic mass is 9.96. The first kappa shape index (κ1) is 21.8. The first-order valence-corrected chi connectivity index (χ1v) is 9.79. The lowest BCUT2D eigenvalue weighted by Gasteiger charge is -2.24. The quantitative estimate of drug-likeness (QED) is 0.637. The summed E-state index contributed by atoms with van der Waals surface area (Å²) in [5.74, 6) is 0.269. The van der Waals surface area contributed by atoms with E-state index in [1.54, 1.807) is 12.1 Å². The highest BCUT2D eigenvalue weighted by Gasteiger charge is 2.20. The summed E-state index contributed by atoms with van der Waals surface area (Å²) in [6, 6.07) is 17.1. The van der Waals surface area contributed by atoms with Gasteiger partial charge in [-0.25, -0.2) is 4.79 Å². The minimum atomic E-state index is -0.539. The largest absolute Gasteiger partial charge is 0.508 e. The number of rotatable bonds is 8. The number of alkyl carbamates (subject to hydrolysis) is 1. The van der Waals surface area contributed by atoms with Crippen LogP contribution in [0.25, 0.3) is 0 Å². The highest BCUT2D eigenvalue weighted by molar-refractivity contribution is 5.68. The predicted molar refractivity (Wildman–Crippen MR) is 112 cm³/mol. The van der Waals surface area contributed by atoms with Gasteiger partial charge in [-0.1, -0.05) is 48.5 Å². The second-order valence-corrected chi connectivity index (χ2v) is 8.20. The zero-order valence-corrected chi connectivity index (χ0v) is 17.0. The molecule has 4 N–H and O–H groups in total. The number of nitrogens with one attached hydrogen (secondary N) is 1. The van der Waals surface area contributed by atoms with Gasteiger partial charge in [0, 0.05) is 12.1 Å². The molecule has 152 valence electrons. The minimum Gasteiger partial charge on any atom is -0.508 e. The van der Waals surface area contributed by atoms with E-state index in [0.717, 1.165) is 24.0 Å². The normalized spacial score (nSPS) is 13.6. The van der Waals surface area contributed by atoms with Gasteiger partial charge in [0.1, 0.15) is 11.4 Å². The van der Waals surface area contributed by atoms with Gasteiger partial charge in [0.05, 0.1) is 0 Å². The van der Waals surface area contributed by atoms with Gasteiger partial charge in [-0.2, -0.15) is 0 Å². The predicted octanol–water partition coefficient (Wildman–Crippen LogP) is 4.18. The molecule has 28 heavy (non-hydrogen) atoms. The lowest BCUT2D eigenvalue weighted by Crippen LogP contribution is -2.41. The third kappa shape index (κ3) is 8.01. The summed E-state index contributed by atoms with van der Waals surface area (Å²) in [4.78, 5) is 12.2. The fourth-order valence-corrected chi connectivity index (χ4v) is 3.08. The Morgan fingerprint density at radius 3 is 2.32 bits per heavy atom. The Morgan fingerprint density at radius 1 is 1.04 bits per heavy atom. The molecule has 2 rings (SSSR count). The fraction of sp³-hybridized carbons (Fsp3) is 0.435. The van der Waals surface area contributed by atoms with Crippen molar-refractivity contribution in [3.05, 3.63) is 65.7 Å². The fourth-order valence-electron chi connectivity index (χ4n) is 3.08. The Morgan fingerprint density at radius 2 is 1.68 bits per heavy atom. The van der Waals surface area contributed by atoms with Crippen LogP contribution < -0.4 is 11.1 Å². The molecule has 0 radical (unpaired) electrons. The summed E-state index contributed by atoms with van der Waals surface area (Å²) >= 11 is 0. The summed E-state index contributed by atoms with van der Waals surface area (Å²) in [6.45, 7) is 5.54. The van der Waals surface area contributed by atoms with Crippen molar-refractivity contribution in [1.29, 1.82) is 0 Å². The maximum Gasteiger partial charge on any atom is 0.407 e. The Bertz CT molecular complexity index is 741. The molecule has 2 aromatic rings. The maximum absolute atomic E-state index is 12.2. The molecular weight excluding hydrogens is 352 g/mol. The van der Waals surface area contributed by atoms with Gasteiger partial charge in [0.25, 0.3) is 0 Å². The SMILES string of the molecule is CC(C)(C)OC(=O)NC(CCC(N)Cc1ccccc1O)Cc1ccccc1. The standard InChI is InChI=1S/C23H32N2O3/c1-23(2,3)28-22(27)25-20(15-17-9-5-4-6-10-17)14-13-19(24)16-18-11-7-8-12-21(18)26/h4-12,19-20,26H,13-16,24H2,1-3H3,(H,25,27). The van der Waals surface area contributed by atoms with E-state index in [1.807, 2.05) is 63.2 Å². The molecular formula is C23H32N2O3. The van der Waals surface area contributed by atoms with Crippen LogP contribution in [0.15, 0.2) is 54.6 Å². The average molecular weight is 385 g/mol. The third-order valence-electron chi connectivity index (χ3n) is 4.41. The molecule has 0 aromatic heterocycles. The Kier molecular flexibility index (Phi) is 7.88. The minimum absolute atomic E-state index is 0.0762. The number of hydrogen-bond donors (Lipinski definition) is 3. The molecule has 0 aliphatic rings. The van der Waals surface area contributed by atoms with Gasteiger partial charge in [-0.05, 0) is 63.6 Å². The Balaban J connectivity index is 1.96. The van der Waals surface area contributed by atoms with Crippen LogP contribution in [-0.4, -0.2) is 28.9 Å². The molecule has 1 amide bonds. The molecule has 0 saturated heterocycles. The van der Waals surface area contributed by atoms with Crippen LogP contribution in [0.2, 0.25) is 0 Å². The highest BCUT2D eigenvalue weighted by atomic mass is 16.6. The van der Waals surface area contributed by atoms with Gasteiger partial charge in [0.2, 0.25) is 0 Å². The van der Waals surface area contributed by atoms with E-state index >= 15 is 0 Å². The topological polar surface area (TPSA) is 84.6 Å². The van der Waals surface area contributed by atoms with Crippen molar-refractivity contribution in [2.45, 2.75) is 64.1 Å². The number of phenolic OH excluding ortho intramolecular Hbond substituents is 1. The van der Waals surface area contributed by atoms with Crippen molar-refractivity contribution in [3.8, 4) is 5.75 Å². The number of phenols is 1. The maximum atomic E-state index is 12.2. The van der Waals surface area contributed by atoms with Crippen LogP contribution in [0.5, 0.6) is 5.75 Å². The number of carbonyl (C=O) groups is 1. The van der Waals surface area contributed by atoms with Gasteiger partial charge < -0.3 is 20.9 Å². The Hall–Kier alpha value is -2.53. The van der Waals surface area contributed by atoms with Crippen LogP contribution >= 0.6 is 0 Å². The second kappa shape index (κ2) is 10.1. The smallest absolute Gasteiger partial charge is 0.407 e. The number of para-hydroxylation sites is 1. The van der Waals surface area contributed by atoms with Crippen LogP contribution in [0.1, 0.15) is 44.7 Å². The molecule has 0 aliphatic heterocycles. The van der Waals surface area contributed by atoms with E-state index in [2.05, 4.69) is 5.32 Å². The molecule has 0 saturated carbocycles. The van der Waals surface area contributed by atoms with E-state index in [1.165, 1.54) is 0 Å². The number of amides is 1. The van der Waals surface area contributed by atoms with E-state index in [4.69, 9.17) is 10.5 Å². The van der Waals surface area contributed by atoms with Crippen molar-refractivity contribution in [1.82, 2.24) is 5.32 Å². The first-order valence-electron chi connectivity index (χ1n) is 9.79. The summed E-state index contributed by atoms with van der Waals surface area (Å²) < 4.78 is 5.41. The van der Waals surface area contributed by atoms with Crippen molar-refractivity contribution < 1.29 is 14.6 Å². The van der Waals surface area contributed by atoms with Gasteiger partial charge in [0.15, 0.2) is 0 Å². The zero-order valence-electron chi connectivity index (χ0n) is 17.0. The summed E-state index contributed by atoms with van der Waals surface area (Å²) in [5.41, 5.74) is 7.75. The number of carbonyl (C=O) groups excluding carboxylic acids is 1. The number of ether oxygens (including phenoxy) is 1. The highest BCUT2D eigenvalue weighted by Crippen LogP contribution is 2.19.